The molecule has 1 aliphatic rings. The van der Waals surface area contributed by atoms with E-state index in [1.165, 1.54) is 47.6 Å². The van der Waals surface area contributed by atoms with Crippen LogP contribution in [-0.4, -0.2) is 17.1 Å². The van der Waals surface area contributed by atoms with Gasteiger partial charge < -0.3 is 4.74 Å². The van der Waals surface area contributed by atoms with Gasteiger partial charge in [-0.2, -0.15) is 0 Å². The number of rotatable bonds is 4. The molecule has 0 bridgehead atoms. The summed E-state index contributed by atoms with van der Waals surface area (Å²) < 4.78 is 5.30. The van der Waals surface area contributed by atoms with Crippen LogP contribution in [0.25, 0.3) is 21.7 Å². The Balaban J connectivity index is 1.78. The fourth-order valence-electron chi connectivity index (χ4n) is 3.50. The zero-order valence-electron chi connectivity index (χ0n) is 14.4. The van der Waals surface area contributed by atoms with Gasteiger partial charge in [0.25, 0.3) is 0 Å². The third-order valence-electron chi connectivity index (χ3n) is 4.89. The van der Waals surface area contributed by atoms with E-state index in [9.17, 15) is 0 Å². The van der Waals surface area contributed by atoms with Gasteiger partial charge in [-0.1, -0.05) is 19.3 Å². The molecule has 1 aliphatic carbocycles. The van der Waals surface area contributed by atoms with Crippen LogP contribution in [0.2, 0.25) is 0 Å². The van der Waals surface area contributed by atoms with E-state index in [-0.39, 0.29) is 0 Å². The van der Waals surface area contributed by atoms with Gasteiger partial charge in [-0.15, -0.1) is 11.3 Å². The van der Waals surface area contributed by atoms with Crippen LogP contribution < -0.4 is 4.74 Å². The zero-order chi connectivity index (χ0) is 17.1. The lowest BCUT2D eigenvalue weighted by Crippen LogP contribution is -2.03. The van der Waals surface area contributed by atoms with Crippen molar-refractivity contribution in [1.29, 1.82) is 0 Å². The average Bonchev–Trinajstić information content (AvgIpc) is 3.15. The number of nitrogens with zero attached hydrogens (tertiary/aromatic N) is 2. The number of thiazole rings is 1. The zero-order valence-corrected chi connectivity index (χ0v) is 15.3. The number of methoxy groups -OCH3 is 1. The average molecular weight is 350 g/mol. The molecule has 4 rings (SSSR count). The summed E-state index contributed by atoms with van der Waals surface area (Å²) in [5, 5.41) is 1.28. The van der Waals surface area contributed by atoms with Gasteiger partial charge in [0, 0.05) is 23.9 Å². The van der Waals surface area contributed by atoms with Crippen LogP contribution in [-0.2, 0) is 0 Å². The molecule has 0 unspecified atom stereocenters. The van der Waals surface area contributed by atoms with Crippen LogP contribution in [0.5, 0.6) is 5.75 Å². The Morgan fingerprint density at radius 1 is 1.00 bits per heavy atom. The minimum Gasteiger partial charge on any atom is -0.497 e. The van der Waals surface area contributed by atoms with E-state index in [0.717, 1.165) is 17.0 Å². The van der Waals surface area contributed by atoms with E-state index >= 15 is 0 Å². The summed E-state index contributed by atoms with van der Waals surface area (Å²) in [5.74, 6) is 1.49. The minimum absolute atomic E-state index is 0.612. The molecule has 1 fully saturated rings. The van der Waals surface area contributed by atoms with Crippen molar-refractivity contribution in [2.45, 2.75) is 38.0 Å². The van der Waals surface area contributed by atoms with Crippen LogP contribution >= 0.6 is 11.3 Å². The Morgan fingerprint density at radius 3 is 2.48 bits per heavy atom. The maximum absolute atomic E-state index is 5.30. The van der Waals surface area contributed by atoms with E-state index in [1.807, 2.05) is 41.9 Å². The summed E-state index contributed by atoms with van der Waals surface area (Å²) in [5.41, 5.74) is 3.34. The second kappa shape index (κ2) is 7.36. The van der Waals surface area contributed by atoms with Crippen molar-refractivity contribution in [2.75, 3.05) is 7.11 Å². The van der Waals surface area contributed by atoms with E-state index in [2.05, 4.69) is 23.2 Å². The fraction of sp³-hybridized carbons (Fsp3) is 0.333. The molecule has 2 aromatic heterocycles. The number of pyridine rings is 1. The first kappa shape index (κ1) is 16.3. The van der Waals surface area contributed by atoms with Crippen LogP contribution in [0.15, 0.2) is 48.8 Å². The normalized spacial score (nSPS) is 15.2. The number of hydrogen-bond acceptors (Lipinski definition) is 4. The fourth-order valence-corrected chi connectivity index (χ4v) is 4.76. The lowest BCUT2D eigenvalue weighted by atomic mass is 9.90. The van der Waals surface area contributed by atoms with Gasteiger partial charge in [0.15, 0.2) is 0 Å². The van der Waals surface area contributed by atoms with Crippen molar-refractivity contribution in [3.63, 3.8) is 0 Å². The molecule has 0 radical (unpaired) electrons. The molecule has 1 aromatic carbocycles. The molecule has 3 nitrogen and oxygen atoms in total. The van der Waals surface area contributed by atoms with Crippen LogP contribution in [0.4, 0.5) is 0 Å². The maximum Gasteiger partial charge on any atom is 0.118 e. The SMILES string of the molecule is COc1ccc(-c2sc(C3CCCCC3)nc2-c2cccnc2)cc1. The molecule has 0 spiro atoms. The summed E-state index contributed by atoms with van der Waals surface area (Å²) in [6.45, 7) is 0. The first-order chi connectivity index (χ1) is 12.3. The topological polar surface area (TPSA) is 35.0 Å². The Labute approximate surface area is 152 Å². The first-order valence-corrected chi connectivity index (χ1v) is 9.72. The quantitative estimate of drug-likeness (QED) is 0.585. The van der Waals surface area contributed by atoms with Crippen molar-refractivity contribution < 1.29 is 4.74 Å². The maximum atomic E-state index is 5.30. The second-order valence-electron chi connectivity index (χ2n) is 6.53. The molecular formula is C21H22N2OS. The Hall–Kier alpha value is -2.20. The van der Waals surface area contributed by atoms with E-state index in [0.29, 0.717) is 5.92 Å². The number of aromatic nitrogens is 2. The van der Waals surface area contributed by atoms with Gasteiger partial charge in [0.1, 0.15) is 5.75 Å². The number of benzene rings is 1. The molecular weight excluding hydrogens is 328 g/mol. The third-order valence-corrected chi connectivity index (χ3v) is 6.15. The summed E-state index contributed by atoms with van der Waals surface area (Å²) in [6.07, 6.45) is 10.3. The van der Waals surface area contributed by atoms with E-state index < -0.39 is 0 Å². The molecule has 4 heteroatoms. The highest BCUT2D eigenvalue weighted by molar-refractivity contribution is 7.15. The highest BCUT2D eigenvalue weighted by Gasteiger charge is 2.22. The molecule has 1 saturated carbocycles. The van der Waals surface area contributed by atoms with Crippen molar-refractivity contribution in [2.24, 2.45) is 0 Å². The van der Waals surface area contributed by atoms with Crippen LogP contribution in [0.1, 0.15) is 43.0 Å². The van der Waals surface area contributed by atoms with Gasteiger partial charge in [-0.3, -0.25) is 4.98 Å². The standard InChI is InChI=1S/C21H22N2OS/c1-24-18-11-9-15(10-12-18)20-19(17-8-5-13-22-14-17)23-21(25-20)16-6-3-2-4-7-16/h5,8-14,16H,2-4,6-7H2,1H3. The molecule has 0 aliphatic heterocycles. The molecule has 128 valence electrons. The molecule has 0 amide bonds. The van der Waals surface area contributed by atoms with Crippen LogP contribution in [0.3, 0.4) is 0 Å². The minimum atomic E-state index is 0.612. The monoisotopic (exact) mass is 350 g/mol. The van der Waals surface area contributed by atoms with Gasteiger partial charge in [0.2, 0.25) is 0 Å². The highest BCUT2D eigenvalue weighted by Crippen LogP contribution is 2.42. The van der Waals surface area contributed by atoms with Crippen molar-refractivity contribution in [3.8, 4) is 27.4 Å². The molecule has 25 heavy (non-hydrogen) atoms. The lowest BCUT2D eigenvalue weighted by Gasteiger charge is -2.18. The first-order valence-electron chi connectivity index (χ1n) is 8.90. The number of hydrogen-bond donors (Lipinski definition) is 0. The summed E-state index contributed by atoms with van der Waals surface area (Å²) >= 11 is 1.85. The third kappa shape index (κ3) is 3.45. The van der Waals surface area contributed by atoms with Gasteiger partial charge in [-0.25, -0.2) is 4.98 Å². The highest BCUT2D eigenvalue weighted by atomic mass is 32.1. The Kier molecular flexibility index (Phi) is 4.79. The lowest BCUT2D eigenvalue weighted by molar-refractivity contribution is 0.415. The Morgan fingerprint density at radius 2 is 1.80 bits per heavy atom. The van der Waals surface area contributed by atoms with Crippen LogP contribution in [0, 0.1) is 0 Å². The van der Waals surface area contributed by atoms with E-state index in [4.69, 9.17) is 9.72 Å². The van der Waals surface area contributed by atoms with Gasteiger partial charge in [0.05, 0.1) is 22.7 Å². The van der Waals surface area contributed by atoms with Crippen molar-refractivity contribution in [3.05, 3.63) is 53.8 Å². The molecule has 0 atom stereocenters. The molecule has 2 heterocycles. The van der Waals surface area contributed by atoms with Crippen molar-refractivity contribution >= 4 is 11.3 Å². The summed E-state index contributed by atoms with van der Waals surface area (Å²) in [6, 6.07) is 12.4. The van der Waals surface area contributed by atoms with Gasteiger partial charge >= 0.3 is 0 Å². The summed E-state index contributed by atoms with van der Waals surface area (Å²) in [4.78, 5) is 10.6. The molecule has 3 aromatic rings. The van der Waals surface area contributed by atoms with E-state index in [1.54, 1.807) is 7.11 Å². The Bertz CT molecular complexity index is 821. The smallest absolute Gasteiger partial charge is 0.118 e. The largest absolute Gasteiger partial charge is 0.497 e. The molecule has 0 N–H and O–H groups in total. The predicted octanol–water partition coefficient (Wildman–Crippen LogP) is 5.93. The number of ether oxygens (including phenoxy) is 1. The summed E-state index contributed by atoms with van der Waals surface area (Å²) in [7, 11) is 1.70. The van der Waals surface area contributed by atoms with Gasteiger partial charge in [-0.05, 0) is 54.8 Å². The molecule has 0 saturated heterocycles. The second-order valence-corrected chi connectivity index (χ2v) is 7.57. The van der Waals surface area contributed by atoms with Crippen molar-refractivity contribution in [1.82, 2.24) is 9.97 Å². The predicted molar refractivity (Wildman–Crippen MR) is 103 cm³/mol.